The maximum absolute atomic E-state index is 5.58. The highest BCUT2D eigenvalue weighted by Gasteiger charge is 2.35. The van der Waals surface area contributed by atoms with Crippen LogP contribution in [0, 0.1) is 17.8 Å². The van der Waals surface area contributed by atoms with E-state index in [9.17, 15) is 0 Å². The van der Waals surface area contributed by atoms with Crippen LogP contribution in [0.25, 0.3) is 0 Å². The molecular formula is C14H23NO. The van der Waals surface area contributed by atoms with Crippen LogP contribution in [0.4, 0.5) is 0 Å². The predicted octanol–water partition coefficient (Wildman–Crippen LogP) is 2.36. The van der Waals surface area contributed by atoms with Crippen molar-refractivity contribution in [2.24, 2.45) is 17.8 Å². The Morgan fingerprint density at radius 2 is 2.19 bits per heavy atom. The number of fused-ring (bicyclic) bond motifs is 2. The Hall–Kier alpha value is -0.340. The van der Waals surface area contributed by atoms with Crippen molar-refractivity contribution in [3.8, 4) is 0 Å². The average Bonchev–Trinajstić information content (AvgIpc) is 2.88. The van der Waals surface area contributed by atoms with Crippen molar-refractivity contribution in [3.05, 3.63) is 12.2 Å². The van der Waals surface area contributed by atoms with E-state index in [0.29, 0.717) is 12.1 Å². The van der Waals surface area contributed by atoms with E-state index >= 15 is 0 Å². The second-order valence-corrected chi connectivity index (χ2v) is 5.85. The summed E-state index contributed by atoms with van der Waals surface area (Å²) >= 11 is 0. The second kappa shape index (κ2) is 4.50. The standard InChI is InChI=1S/C14H23NO/c1-10-6-14(4-5-16-10)15-9-13-8-11-2-3-12(13)7-11/h2-3,10-15H,4-9H2,1H3. The zero-order valence-corrected chi connectivity index (χ0v) is 10.2. The van der Waals surface area contributed by atoms with Crippen molar-refractivity contribution in [1.29, 1.82) is 0 Å². The van der Waals surface area contributed by atoms with Crippen molar-refractivity contribution in [2.75, 3.05) is 13.2 Å². The number of ether oxygens (including phenoxy) is 1. The Kier molecular flexibility index (Phi) is 3.03. The lowest BCUT2D eigenvalue weighted by Crippen LogP contribution is -2.40. The summed E-state index contributed by atoms with van der Waals surface area (Å²) in [5, 5.41) is 3.76. The Bertz CT molecular complexity index is 276. The first-order valence-corrected chi connectivity index (χ1v) is 6.84. The van der Waals surface area contributed by atoms with Crippen LogP contribution >= 0.6 is 0 Å². The molecule has 5 unspecified atom stereocenters. The third kappa shape index (κ3) is 2.18. The molecule has 0 spiro atoms. The summed E-state index contributed by atoms with van der Waals surface area (Å²) < 4.78 is 5.58. The lowest BCUT2D eigenvalue weighted by molar-refractivity contribution is 0.0125. The summed E-state index contributed by atoms with van der Waals surface area (Å²) in [6.45, 7) is 4.35. The van der Waals surface area contributed by atoms with Gasteiger partial charge in [-0.1, -0.05) is 12.2 Å². The Balaban J connectivity index is 1.44. The van der Waals surface area contributed by atoms with Crippen LogP contribution < -0.4 is 5.32 Å². The van der Waals surface area contributed by atoms with E-state index < -0.39 is 0 Å². The monoisotopic (exact) mass is 221 g/mol. The van der Waals surface area contributed by atoms with Crippen LogP contribution in [0.1, 0.15) is 32.6 Å². The molecule has 0 aromatic rings. The van der Waals surface area contributed by atoms with Gasteiger partial charge in [-0.2, -0.15) is 0 Å². The number of nitrogens with one attached hydrogen (secondary N) is 1. The zero-order valence-electron chi connectivity index (χ0n) is 10.2. The molecular weight excluding hydrogens is 198 g/mol. The lowest BCUT2D eigenvalue weighted by Gasteiger charge is -2.30. The van der Waals surface area contributed by atoms with Gasteiger partial charge in [0, 0.05) is 12.6 Å². The summed E-state index contributed by atoms with van der Waals surface area (Å²) in [6.07, 6.45) is 10.6. The molecule has 0 radical (unpaired) electrons. The normalized spacial score (nSPS) is 46.4. The SMILES string of the molecule is CC1CC(NCC2CC3C=CC2C3)CCO1. The molecule has 3 aliphatic rings. The fraction of sp³-hybridized carbons (Fsp3) is 0.857. The minimum absolute atomic E-state index is 0.450. The summed E-state index contributed by atoms with van der Waals surface area (Å²) in [5.74, 6) is 2.70. The van der Waals surface area contributed by atoms with Crippen molar-refractivity contribution in [3.63, 3.8) is 0 Å². The number of hydrogen-bond acceptors (Lipinski definition) is 2. The Labute approximate surface area is 98.4 Å². The van der Waals surface area contributed by atoms with E-state index in [0.717, 1.165) is 24.4 Å². The van der Waals surface area contributed by atoms with Crippen molar-refractivity contribution in [2.45, 2.75) is 44.8 Å². The first-order chi connectivity index (χ1) is 7.81. The van der Waals surface area contributed by atoms with Gasteiger partial charge in [-0.3, -0.25) is 0 Å². The molecule has 2 heteroatoms. The molecule has 1 saturated carbocycles. The third-order valence-electron chi connectivity index (χ3n) is 4.57. The molecule has 2 bridgehead atoms. The first kappa shape index (κ1) is 10.8. The van der Waals surface area contributed by atoms with Gasteiger partial charge in [-0.05, 0) is 56.9 Å². The van der Waals surface area contributed by atoms with E-state index in [1.165, 1.54) is 32.2 Å². The van der Waals surface area contributed by atoms with Gasteiger partial charge in [0.05, 0.1) is 6.10 Å². The van der Waals surface area contributed by atoms with E-state index in [1.54, 1.807) is 0 Å². The number of allylic oxidation sites excluding steroid dienone is 2. The molecule has 5 atom stereocenters. The van der Waals surface area contributed by atoms with Crippen molar-refractivity contribution >= 4 is 0 Å². The van der Waals surface area contributed by atoms with E-state index in [1.807, 2.05) is 0 Å². The molecule has 3 rings (SSSR count). The molecule has 1 saturated heterocycles. The molecule has 0 aromatic carbocycles. The average molecular weight is 221 g/mol. The van der Waals surface area contributed by atoms with Gasteiger partial charge in [0.1, 0.15) is 0 Å². The van der Waals surface area contributed by atoms with Crippen LogP contribution in [0.2, 0.25) is 0 Å². The highest BCUT2D eigenvalue weighted by molar-refractivity contribution is 5.10. The minimum Gasteiger partial charge on any atom is -0.378 e. The van der Waals surface area contributed by atoms with Gasteiger partial charge >= 0.3 is 0 Å². The van der Waals surface area contributed by atoms with Crippen LogP contribution in [-0.4, -0.2) is 25.3 Å². The molecule has 0 amide bonds. The molecule has 16 heavy (non-hydrogen) atoms. The number of rotatable bonds is 3. The smallest absolute Gasteiger partial charge is 0.0561 e. The lowest BCUT2D eigenvalue weighted by atomic mass is 9.93. The fourth-order valence-corrected chi connectivity index (χ4v) is 3.63. The van der Waals surface area contributed by atoms with Crippen LogP contribution in [0.3, 0.4) is 0 Å². The summed E-state index contributed by atoms with van der Waals surface area (Å²) in [7, 11) is 0. The molecule has 90 valence electrons. The van der Waals surface area contributed by atoms with Crippen LogP contribution in [0.5, 0.6) is 0 Å². The topological polar surface area (TPSA) is 21.3 Å². The van der Waals surface area contributed by atoms with Crippen LogP contribution in [0.15, 0.2) is 12.2 Å². The van der Waals surface area contributed by atoms with Gasteiger partial charge in [0.2, 0.25) is 0 Å². The van der Waals surface area contributed by atoms with Crippen molar-refractivity contribution < 1.29 is 4.74 Å². The first-order valence-electron chi connectivity index (χ1n) is 6.84. The van der Waals surface area contributed by atoms with E-state index in [2.05, 4.69) is 24.4 Å². The second-order valence-electron chi connectivity index (χ2n) is 5.85. The zero-order chi connectivity index (χ0) is 11.0. The maximum Gasteiger partial charge on any atom is 0.0561 e. The largest absolute Gasteiger partial charge is 0.378 e. The molecule has 1 N–H and O–H groups in total. The fourth-order valence-electron chi connectivity index (χ4n) is 3.63. The molecule has 1 aliphatic heterocycles. The number of hydrogen-bond donors (Lipinski definition) is 1. The van der Waals surface area contributed by atoms with Gasteiger partial charge in [0.15, 0.2) is 0 Å². The van der Waals surface area contributed by atoms with Gasteiger partial charge in [-0.25, -0.2) is 0 Å². The Morgan fingerprint density at radius 1 is 1.25 bits per heavy atom. The molecule has 0 aromatic heterocycles. The quantitative estimate of drug-likeness (QED) is 0.739. The van der Waals surface area contributed by atoms with Crippen molar-refractivity contribution in [1.82, 2.24) is 5.32 Å². The molecule has 2 fully saturated rings. The molecule has 2 nitrogen and oxygen atoms in total. The summed E-state index contributed by atoms with van der Waals surface area (Å²) in [5.41, 5.74) is 0. The highest BCUT2D eigenvalue weighted by Crippen LogP contribution is 2.43. The summed E-state index contributed by atoms with van der Waals surface area (Å²) in [4.78, 5) is 0. The highest BCUT2D eigenvalue weighted by atomic mass is 16.5. The van der Waals surface area contributed by atoms with Gasteiger partial charge < -0.3 is 10.1 Å². The predicted molar refractivity (Wildman–Crippen MR) is 65.3 cm³/mol. The Morgan fingerprint density at radius 3 is 2.88 bits per heavy atom. The minimum atomic E-state index is 0.450. The maximum atomic E-state index is 5.58. The summed E-state index contributed by atoms with van der Waals surface area (Å²) in [6, 6.07) is 0.701. The van der Waals surface area contributed by atoms with Crippen LogP contribution in [-0.2, 0) is 4.74 Å². The van der Waals surface area contributed by atoms with Gasteiger partial charge in [0.25, 0.3) is 0 Å². The molecule has 2 aliphatic carbocycles. The van der Waals surface area contributed by atoms with E-state index in [4.69, 9.17) is 4.74 Å². The van der Waals surface area contributed by atoms with E-state index in [-0.39, 0.29) is 0 Å². The van der Waals surface area contributed by atoms with Gasteiger partial charge in [-0.15, -0.1) is 0 Å². The third-order valence-corrected chi connectivity index (χ3v) is 4.57. The molecule has 1 heterocycles.